The number of benzene rings is 1. The van der Waals surface area contributed by atoms with Gasteiger partial charge in [-0.3, -0.25) is 9.88 Å². The van der Waals surface area contributed by atoms with Crippen LogP contribution in [0.25, 0.3) is 0 Å². The van der Waals surface area contributed by atoms with Gasteiger partial charge in [0, 0.05) is 45.1 Å². The molecular formula is C18H21N3O6S. The predicted molar refractivity (Wildman–Crippen MR) is 100.0 cm³/mol. The zero-order valence-electron chi connectivity index (χ0n) is 15.0. The maximum atomic E-state index is 12.6. The van der Waals surface area contributed by atoms with Crippen LogP contribution >= 0.6 is 0 Å². The lowest BCUT2D eigenvalue weighted by Crippen LogP contribution is -2.48. The van der Waals surface area contributed by atoms with Crippen molar-refractivity contribution in [2.75, 3.05) is 26.2 Å². The Balaban J connectivity index is 0.000000409. The highest BCUT2D eigenvalue weighted by atomic mass is 32.2. The number of rotatable bonds is 4. The van der Waals surface area contributed by atoms with Crippen molar-refractivity contribution in [2.45, 2.75) is 11.4 Å². The van der Waals surface area contributed by atoms with Crippen molar-refractivity contribution in [3.63, 3.8) is 0 Å². The monoisotopic (exact) mass is 407 g/mol. The number of carbonyl (C=O) groups is 2. The Morgan fingerprint density at radius 2 is 1.43 bits per heavy atom. The van der Waals surface area contributed by atoms with Crippen molar-refractivity contribution in [1.29, 1.82) is 0 Å². The summed E-state index contributed by atoms with van der Waals surface area (Å²) in [6.45, 7) is 3.38. The molecule has 10 heteroatoms. The van der Waals surface area contributed by atoms with Gasteiger partial charge in [-0.1, -0.05) is 18.2 Å². The number of nitrogens with zero attached hydrogens (tertiary/aromatic N) is 3. The molecule has 1 aromatic carbocycles. The number of hydrogen-bond donors (Lipinski definition) is 2. The van der Waals surface area contributed by atoms with Gasteiger partial charge in [0.15, 0.2) is 0 Å². The van der Waals surface area contributed by atoms with Gasteiger partial charge in [-0.05, 0) is 29.8 Å². The topological polar surface area (TPSA) is 128 Å². The number of hydrogen-bond acceptors (Lipinski definition) is 6. The van der Waals surface area contributed by atoms with E-state index in [1.54, 1.807) is 41.0 Å². The molecule has 28 heavy (non-hydrogen) atoms. The van der Waals surface area contributed by atoms with E-state index >= 15 is 0 Å². The molecule has 1 fully saturated rings. The third-order valence-electron chi connectivity index (χ3n) is 4.05. The van der Waals surface area contributed by atoms with Crippen LogP contribution in [0.15, 0.2) is 59.8 Å². The zero-order chi connectivity index (χ0) is 20.6. The minimum Gasteiger partial charge on any atom is -0.473 e. The Morgan fingerprint density at radius 3 is 1.93 bits per heavy atom. The molecule has 0 amide bonds. The molecule has 0 atom stereocenters. The maximum Gasteiger partial charge on any atom is 0.414 e. The van der Waals surface area contributed by atoms with E-state index in [2.05, 4.69) is 9.88 Å². The average Bonchev–Trinajstić information content (AvgIpc) is 2.70. The lowest BCUT2D eigenvalue weighted by molar-refractivity contribution is -0.159. The molecule has 0 spiro atoms. The third-order valence-corrected chi connectivity index (χ3v) is 5.96. The standard InChI is InChI=1S/C16H19N3O2S.C2H2O4/c20-22(21,16-4-2-1-3-5-16)19-12-10-18(11-13-19)14-15-6-8-17-9-7-15;3-1(4)2(5)6/h1-9H,10-14H2;(H,3,4)(H,5,6). The van der Waals surface area contributed by atoms with Gasteiger partial charge in [0.05, 0.1) is 4.90 Å². The SMILES string of the molecule is O=C(O)C(=O)O.O=S(=O)(c1ccccc1)N1CCN(Cc2ccncc2)CC1. The zero-order valence-corrected chi connectivity index (χ0v) is 15.8. The first-order valence-electron chi connectivity index (χ1n) is 8.43. The number of aliphatic carboxylic acids is 2. The van der Waals surface area contributed by atoms with E-state index in [0.717, 1.165) is 19.6 Å². The molecule has 1 aromatic heterocycles. The van der Waals surface area contributed by atoms with Crippen LogP contribution in [0.5, 0.6) is 0 Å². The van der Waals surface area contributed by atoms with Gasteiger partial charge in [0.1, 0.15) is 0 Å². The van der Waals surface area contributed by atoms with Crippen LogP contribution in [0.2, 0.25) is 0 Å². The molecule has 0 bridgehead atoms. The van der Waals surface area contributed by atoms with Gasteiger partial charge in [-0.15, -0.1) is 0 Å². The molecule has 9 nitrogen and oxygen atoms in total. The van der Waals surface area contributed by atoms with E-state index in [-0.39, 0.29) is 0 Å². The van der Waals surface area contributed by atoms with Crippen LogP contribution in [0, 0.1) is 0 Å². The number of piperazine rings is 1. The van der Waals surface area contributed by atoms with Crippen molar-refractivity contribution in [2.24, 2.45) is 0 Å². The summed E-state index contributed by atoms with van der Waals surface area (Å²) >= 11 is 0. The molecule has 1 aliphatic heterocycles. The Morgan fingerprint density at radius 1 is 0.893 bits per heavy atom. The summed E-state index contributed by atoms with van der Waals surface area (Å²) in [5.41, 5.74) is 1.20. The quantitative estimate of drug-likeness (QED) is 0.711. The van der Waals surface area contributed by atoms with Gasteiger partial charge >= 0.3 is 11.9 Å². The Bertz CT molecular complexity index is 870. The van der Waals surface area contributed by atoms with Gasteiger partial charge in [0.2, 0.25) is 10.0 Å². The van der Waals surface area contributed by atoms with Gasteiger partial charge < -0.3 is 10.2 Å². The Kier molecular flexibility index (Phi) is 7.61. The fraction of sp³-hybridized carbons (Fsp3) is 0.278. The molecule has 0 saturated carbocycles. The highest BCUT2D eigenvalue weighted by Crippen LogP contribution is 2.17. The van der Waals surface area contributed by atoms with Crippen LogP contribution in [0.4, 0.5) is 0 Å². The van der Waals surface area contributed by atoms with Crippen LogP contribution < -0.4 is 0 Å². The summed E-state index contributed by atoms with van der Waals surface area (Å²) in [6.07, 6.45) is 3.57. The fourth-order valence-electron chi connectivity index (χ4n) is 2.62. The van der Waals surface area contributed by atoms with Gasteiger partial charge in [-0.2, -0.15) is 4.31 Å². The molecule has 0 radical (unpaired) electrons. The van der Waals surface area contributed by atoms with Gasteiger partial charge in [0.25, 0.3) is 0 Å². The maximum absolute atomic E-state index is 12.6. The second-order valence-corrected chi connectivity index (χ2v) is 7.90. The minimum atomic E-state index is -3.36. The van der Waals surface area contributed by atoms with E-state index in [4.69, 9.17) is 19.8 Å². The van der Waals surface area contributed by atoms with Crippen LogP contribution in [0.1, 0.15) is 5.56 Å². The summed E-state index contributed by atoms with van der Waals surface area (Å²) in [6, 6.07) is 12.6. The number of sulfonamides is 1. The molecule has 2 N–H and O–H groups in total. The van der Waals surface area contributed by atoms with Crippen molar-refractivity contribution in [3.05, 3.63) is 60.4 Å². The molecule has 150 valence electrons. The second kappa shape index (κ2) is 9.93. The van der Waals surface area contributed by atoms with E-state index < -0.39 is 22.0 Å². The lowest BCUT2D eigenvalue weighted by atomic mass is 10.2. The summed E-state index contributed by atoms with van der Waals surface area (Å²) in [5.74, 6) is -3.65. The summed E-state index contributed by atoms with van der Waals surface area (Å²) < 4.78 is 26.7. The Labute approximate surface area is 162 Å². The molecule has 1 saturated heterocycles. The molecule has 2 aromatic rings. The second-order valence-electron chi connectivity index (χ2n) is 5.96. The van der Waals surface area contributed by atoms with E-state index in [1.165, 1.54) is 5.56 Å². The van der Waals surface area contributed by atoms with Crippen molar-refractivity contribution < 1.29 is 28.2 Å². The molecular weight excluding hydrogens is 386 g/mol. The largest absolute Gasteiger partial charge is 0.473 e. The van der Waals surface area contributed by atoms with E-state index in [1.807, 2.05) is 18.2 Å². The lowest BCUT2D eigenvalue weighted by Gasteiger charge is -2.34. The first-order valence-corrected chi connectivity index (χ1v) is 9.87. The van der Waals surface area contributed by atoms with Crippen molar-refractivity contribution in [3.8, 4) is 0 Å². The predicted octanol–water partition coefficient (Wildman–Crippen LogP) is 0.744. The number of aromatic nitrogens is 1. The molecule has 0 aliphatic carbocycles. The third kappa shape index (κ3) is 6.12. The highest BCUT2D eigenvalue weighted by molar-refractivity contribution is 7.89. The van der Waals surface area contributed by atoms with Crippen molar-refractivity contribution in [1.82, 2.24) is 14.2 Å². The van der Waals surface area contributed by atoms with Crippen molar-refractivity contribution >= 4 is 22.0 Å². The molecule has 1 aliphatic rings. The summed E-state index contributed by atoms with van der Waals surface area (Å²) in [7, 11) is -3.36. The van der Waals surface area contributed by atoms with E-state index in [0.29, 0.717) is 18.0 Å². The average molecular weight is 407 g/mol. The normalized spacial score (nSPS) is 15.3. The first-order chi connectivity index (χ1) is 13.3. The number of carboxylic acids is 2. The van der Waals surface area contributed by atoms with Gasteiger partial charge in [-0.25, -0.2) is 18.0 Å². The Hall–Kier alpha value is -2.82. The highest BCUT2D eigenvalue weighted by Gasteiger charge is 2.28. The molecule has 3 rings (SSSR count). The molecule has 2 heterocycles. The first kappa shape index (κ1) is 21.5. The van der Waals surface area contributed by atoms with E-state index in [9.17, 15) is 8.42 Å². The summed E-state index contributed by atoms with van der Waals surface area (Å²) in [5, 5.41) is 14.8. The number of pyridine rings is 1. The minimum absolute atomic E-state index is 0.373. The van der Waals surface area contributed by atoms with Crippen LogP contribution in [-0.4, -0.2) is 70.9 Å². The molecule has 0 unspecified atom stereocenters. The fourth-order valence-corrected chi connectivity index (χ4v) is 4.06. The van der Waals surface area contributed by atoms with Crippen LogP contribution in [-0.2, 0) is 26.2 Å². The summed E-state index contributed by atoms with van der Waals surface area (Å²) in [4.78, 5) is 24.9. The van der Waals surface area contributed by atoms with Crippen LogP contribution in [0.3, 0.4) is 0 Å². The smallest absolute Gasteiger partial charge is 0.414 e. The number of carboxylic acid groups (broad SMARTS) is 2.